The summed E-state index contributed by atoms with van der Waals surface area (Å²) in [5.74, 6) is -0.314. The number of nitrogens with one attached hydrogen (secondary N) is 2. The first-order valence-corrected chi connectivity index (χ1v) is 6.34. The van der Waals surface area contributed by atoms with E-state index < -0.39 is 6.03 Å². The van der Waals surface area contributed by atoms with Gasteiger partial charge in [-0.2, -0.15) is 0 Å². The van der Waals surface area contributed by atoms with Crippen LogP contribution in [0.1, 0.15) is 11.1 Å². The maximum atomic E-state index is 12.7. The lowest BCUT2D eigenvalue weighted by atomic mass is 10.2. The minimum atomic E-state index is -0.478. The molecule has 0 fully saturated rings. The zero-order valence-corrected chi connectivity index (χ0v) is 11.4. The van der Waals surface area contributed by atoms with Crippen LogP contribution in [0.15, 0.2) is 48.7 Å². The zero-order valence-electron chi connectivity index (χ0n) is 11.4. The van der Waals surface area contributed by atoms with E-state index in [1.165, 1.54) is 24.4 Å². The van der Waals surface area contributed by atoms with E-state index in [2.05, 4.69) is 10.6 Å². The van der Waals surface area contributed by atoms with E-state index >= 15 is 0 Å². The lowest BCUT2D eigenvalue weighted by molar-refractivity contribution is 0.255. The molecule has 0 saturated carbocycles. The highest BCUT2D eigenvalue weighted by molar-refractivity contribution is 5.91. The summed E-state index contributed by atoms with van der Waals surface area (Å²) in [7, 11) is 0. The highest BCUT2D eigenvalue weighted by atomic mass is 19.1. The van der Waals surface area contributed by atoms with Crippen molar-refractivity contribution in [2.75, 3.05) is 5.32 Å². The minimum absolute atomic E-state index is 0.00161. The number of aromatic hydroxyl groups is 1. The normalized spacial score (nSPS) is 10.6. The number of phenols is 1. The summed E-state index contributed by atoms with van der Waals surface area (Å²) in [6.45, 7) is 1.86. The highest BCUT2D eigenvalue weighted by Crippen LogP contribution is 2.23. The van der Waals surface area contributed by atoms with Gasteiger partial charge in [0.1, 0.15) is 11.6 Å². The molecule has 2 aromatic rings. The van der Waals surface area contributed by atoms with E-state index in [4.69, 9.17) is 0 Å². The average molecular weight is 286 g/mol. The molecular formula is C16H15FN2O2. The van der Waals surface area contributed by atoms with Gasteiger partial charge in [-0.1, -0.05) is 18.2 Å². The molecule has 2 amide bonds. The Balaban J connectivity index is 1.93. The van der Waals surface area contributed by atoms with Crippen LogP contribution in [-0.4, -0.2) is 11.1 Å². The van der Waals surface area contributed by atoms with Gasteiger partial charge in [0, 0.05) is 6.20 Å². The van der Waals surface area contributed by atoms with E-state index in [1.807, 2.05) is 6.92 Å². The number of carbonyl (C=O) groups excluding carboxylic acids is 1. The summed E-state index contributed by atoms with van der Waals surface area (Å²) in [5, 5.41) is 14.7. The Kier molecular flexibility index (Phi) is 4.56. The SMILES string of the molecule is Cc1ccc(O)c(NC(=O)N/C=C/c2ccc(F)cc2)c1. The molecule has 0 heterocycles. The molecule has 0 aliphatic heterocycles. The van der Waals surface area contributed by atoms with Gasteiger partial charge < -0.3 is 15.7 Å². The molecule has 0 aliphatic rings. The van der Waals surface area contributed by atoms with Crippen LogP contribution >= 0.6 is 0 Å². The lowest BCUT2D eigenvalue weighted by Gasteiger charge is -2.07. The van der Waals surface area contributed by atoms with E-state index in [9.17, 15) is 14.3 Å². The van der Waals surface area contributed by atoms with Gasteiger partial charge in [-0.25, -0.2) is 9.18 Å². The van der Waals surface area contributed by atoms with Gasteiger partial charge in [0.2, 0.25) is 0 Å². The molecule has 21 heavy (non-hydrogen) atoms. The third kappa shape index (κ3) is 4.35. The van der Waals surface area contributed by atoms with E-state index in [1.54, 1.807) is 30.3 Å². The fourth-order valence-corrected chi connectivity index (χ4v) is 1.70. The molecule has 2 rings (SSSR count). The summed E-state index contributed by atoms with van der Waals surface area (Å²) in [6, 6.07) is 10.3. The number of urea groups is 1. The number of amides is 2. The monoisotopic (exact) mass is 286 g/mol. The van der Waals surface area contributed by atoms with Crippen molar-refractivity contribution >= 4 is 17.8 Å². The van der Waals surface area contributed by atoms with Gasteiger partial charge in [0.25, 0.3) is 0 Å². The molecule has 0 saturated heterocycles. The Morgan fingerprint density at radius 2 is 1.90 bits per heavy atom. The number of halogens is 1. The van der Waals surface area contributed by atoms with Crippen molar-refractivity contribution in [3.05, 3.63) is 65.6 Å². The Hall–Kier alpha value is -2.82. The van der Waals surface area contributed by atoms with Crippen LogP contribution in [0, 0.1) is 12.7 Å². The lowest BCUT2D eigenvalue weighted by Crippen LogP contribution is -2.23. The number of hydrogen-bond donors (Lipinski definition) is 3. The third-order valence-corrected chi connectivity index (χ3v) is 2.76. The maximum Gasteiger partial charge on any atom is 0.323 e. The second-order valence-electron chi connectivity index (χ2n) is 4.50. The van der Waals surface area contributed by atoms with Gasteiger partial charge in [-0.05, 0) is 48.4 Å². The Morgan fingerprint density at radius 1 is 1.19 bits per heavy atom. The molecule has 0 bridgehead atoms. The van der Waals surface area contributed by atoms with Crippen LogP contribution in [0.5, 0.6) is 5.75 Å². The van der Waals surface area contributed by atoms with Gasteiger partial charge in [-0.3, -0.25) is 0 Å². The summed E-state index contributed by atoms with van der Waals surface area (Å²) in [5.41, 5.74) is 2.02. The van der Waals surface area contributed by atoms with Crippen LogP contribution < -0.4 is 10.6 Å². The minimum Gasteiger partial charge on any atom is -0.506 e. The molecule has 4 nitrogen and oxygen atoms in total. The van der Waals surface area contributed by atoms with E-state index in [0.29, 0.717) is 5.69 Å². The molecule has 5 heteroatoms. The van der Waals surface area contributed by atoms with Crippen LogP contribution in [0.3, 0.4) is 0 Å². The van der Waals surface area contributed by atoms with Crippen molar-refractivity contribution in [2.45, 2.75) is 6.92 Å². The first kappa shape index (κ1) is 14.6. The summed E-state index contributed by atoms with van der Waals surface area (Å²) < 4.78 is 12.7. The number of phenolic OH excluding ortho intramolecular Hbond substituents is 1. The standard InChI is InChI=1S/C16H15FN2O2/c1-11-2-7-15(20)14(10-11)19-16(21)18-9-8-12-3-5-13(17)6-4-12/h2-10,20H,1H3,(H2,18,19,21)/b9-8+. The number of aryl methyl sites for hydroxylation is 1. The molecule has 0 spiro atoms. The van der Waals surface area contributed by atoms with Crippen LogP contribution in [0.25, 0.3) is 6.08 Å². The first-order chi connectivity index (χ1) is 10.0. The smallest absolute Gasteiger partial charge is 0.323 e. The second kappa shape index (κ2) is 6.56. The average Bonchev–Trinajstić information content (AvgIpc) is 2.45. The number of carbonyl (C=O) groups is 1. The van der Waals surface area contributed by atoms with Crippen LogP contribution in [0.4, 0.5) is 14.9 Å². The molecule has 0 unspecified atom stereocenters. The molecule has 0 aromatic heterocycles. The van der Waals surface area contributed by atoms with Crippen molar-refractivity contribution < 1.29 is 14.3 Å². The number of benzene rings is 2. The van der Waals surface area contributed by atoms with Gasteiger partial charge in [0.05, 0.1) is 5.69 Å². The van der Waals surface area contributed by atoms with Crippen LogP contribution in [0.2, 0.25) is 0 Å². The quantitative estimate of drug-likeness (QED) is 0.754. The zero-order chi connectivity index (χ0) is 15.2. The molecular weight excluding hydrogens is 271 g/mol. The van der Waals surface area contributed by atoms with Gasteiger partial charge >= 0.3 is 6.03 Å². The Morgan fingerprint density at radius 3 is 2.62 bits per heavy atom. The number of anilines is 1. The van der Waals surface area contributed by atoms with Crippen molar-refractivity contribution in [3.63, 3.8) is 0 Å². The molecule has 0 radical (unpaired) electrons. The first-order valence-electron chi connectivity index (χ1n) is 6.34. The predicted octanol–water partition coefficient (Wildman–Crippen LogP) is 3.63. The van der Waals surface area contributed by atoms with Gasteiger partial charge in [-0.15, -0.1) is 0 Å². The van der Waals surface area contributed by atoms with E-state index in [0.717, 1.165) is 11.1 Å². The fraction of sp³-hybridized carbons (Fsp3) is 0.0625. The second-order valence-corrected chi connectivity index (χ2v) is 4.50. The van der Waals surface area contributed by atoms with E-state index in [-0.39, 0.29) is 11.6 Å². The fourth-order valence-electron chi connectivity index (χ4n) is 1.70. The third-order valence-electron chi connectivity index (χ3n) is 2.76. The van der Waals surface area contributed by atoms with Gasteiger partial charge in [0.15, 0.2) is 0 Å². The summed E-state index contributed by atoms with van der Waals surface area (Å²) >= 11 is 0. The molecule has 2 aromatic carbocycles. The van der Waals surface area contributed by atoms with Crippen molar-refractivity contribution in [3.8, 4) is 5.75 Å². The molecule has 108 valence electrons. The highest BCUT2D eigenvalue weighted by Gasteiger charge is 2.04. The van der Waals surface area contributed by atoms with Crippen molar-refractivity contribution in [1.82, 2.24) is 5.32 Å². The number of rotatable bonds is 3. The predicted molar refractivity (Wildman–Crippen MR) is 80.4 cm³/mol. The van der Waals surface area contributed by atoms with Crippen molar-refractivity contribution in [1.29, 1.82) is 0 Å². The largest absolute Gasteiger partial charge is 0.506 e. The topological polar surface area (TPSA) is 61.4 Å². The molecule has 0 aliphatic carbocycles. The Bertz CT molecular complexity index is 666. The van der Waals surface area contributed by atoms with Crippen LogP contribution in [-0.2, 0) is 0 Å². The maximum absolute atomic E-state index is 12.7. The van der Waals surface area contributed by atoms with Crippen molar-refractivity contribution in [2.24, 2.45) is 0 Å². The Labute approximate surface area is 121 Å². The summed E-state index contributed by atoms with van der Waals surface area (Å²) in [6.07, 6.45) is 3.07. The summed E-state index contributed by atoms with van der Waals surface area (Å²) in [4.78, 5) is 11.7. The molecule has 3 N–H and O–H groups in total. The number of hydrogen-bond acceptors (Lipinski definition) is 2. The molecule has 0 atom stereocenters.